The average molecular weight is 194 g/mol. The van der Waals surface area contributed by atoms with Gasteiger partial charge in [-0.25, -0.2) is 0 Å². The standard InChI is InChI=1S/C10H14N2O2/c1-14-10-4-2-3-9(7-10)8-12-11-5-6-13/h2-4,7-8,11,13H,5-6H2,1H3. The maximum absolute atomic E-state index is 8.49. The first-order valence-corrected chi connectivity index (χ1v) is 4.37. The van der Waals surface area contributed by atoms with Crippen LogP contribution < -0.4 is 10.2 Å². The van der Waals surface area contributed by atoms with Crippen molar-refractivity contribution in [3.05, 3.63) is 29.8 Å². The van der Waals surface area contributed by atoms with Crippen LogP contribution in [0.4, 0.5) is 0 Å². The molecule has 1 aromatic rings. The maximum atomic E-state index is 8.49. The van der Waals surface area contributed by atoms with Crippen molar-refractivity contribution < 1.29 is 9.84 Å². The van der Waals surface area contributed by atoms with Gasteiger partial charge in [0, 0.05) is 0 Å². The zero-order chi connectivity index (χ0) is 10.2. The minimum absolute atomic E-state index is 0.0788. The van der Waals surface area contributed by atoms with Crippen LogP contribution in [0, 0.1) is 0 Å². The first kappa shape index (κ1) is 10.5. The summed E-state index contributed by atoms with van der Waals surface area (Å²) < 4.78 is 5.06. The second-order valence-corrected chi connectivity index (χ2v) is 2.67. The minimum Gasteiger partial charge on any atom is -0.497 e. The molecule has 0 unspecified atom stereocenters. The van der Waals surface area contributed by atoms with Gasteiger partial charge in [0.25, 0.3) is 0 Å². The summed E-state index contributed by atoms with van der Waals surface area (Å²) in [6.45, 7) is 0.538. The number of hydrogen-bond donors (Lipinski definition) is 2. The molecule has 0 saturated heterocycles. The number of aliphatic hydroxyl groups excluding tert-OH is 1. The predicted molar refractivity (Wildman–Crippen MR) is 55.7 cm³/mol. The van der Waals surface area contributed by atoms with E-state index in [1.807, 2.05) is 24.3 Å². The van der Waals surface area contributed by atoms with Gasteiger partial charge < -0.3 is 15.3 Å². The van der Waals surface area contributed by atoms with E-state index in [4.69, 9.17) is 9.84 Å². The van der Waals surface area contributed by atoms with Crippen LogP contribution in [-0.2, 0) is 0 Å². The molecule has 0 atom stereocenters. The zero-order valence-corrected chi connectivity index (χ0v) is 8.10. The second-order valence-electron chi connectivity index (χ2n) is 2.67. The Balaban J connectivity index is 2.53. The third-order valence-corrected chi connectivity index (χ3v) is 1.62. The van der Waals surface area contributed by atoms with Crippen LogP contribution in [-0.4, -0.2) is 31.6 Å². The third-order valence-electron chi connectivity index (χ3n) is 1.62. The van der Waals surface area contributed by atoms with Crippen LogP contribution >= 0.6 is 0 Å². The Morgan fingerprint density at radius 3 is 3.14 bits per heavy atom. The summed E-state index contributed by atoms with van der Waals surface area (Å²) in [7, 11) is 1.63. The summed E-state index contributed by atoms with van der Waals surface area (Å²) in [5.74, 6) is 0.802. The molecule has 1 aromatic carbocycles. The number of hydrazone groups is 1. The monoisotopic (exact) mass is 194 g/mol. The maximum Gasteiger partial charge on any atom is 0.119 e. The van der Waals surface area contributed by atoms with Crippen molar-refractivity contribution in [1.82, 2.24) is 5.43 Å². The topological polar surface area (TPSA) is 53.8 Å². The lowest BCUT2D eigenvalue weighted by molar-refractivity contribution is 0.294. The van der Waals surface area contributed by atoms with Crippen molar-refractivity contribution in [1.29, 1.82) is 0 Å². The Kier molecular flexibility index (Phi) is 4.50. The molecule has 0 saturated carbocycles. The highest BCUT2D eigenvalue weighted by Gasteiger charge is 1.91. The molecule has 1 rings (SSSR count). The molecule has 2 N–H and O–H groups in total. The van der Waals surface area contributed by atoms with E-state index in [9.17, 15) is 0 Å². The van der Waals surface area contributed by atoms with E-state index in [-0.39, 0.29) is 6.61 Å². The van der Waals surface area contributed by atoms with Gasteiger partial charge in [-0.15, -0.1) is 0 Å². The van der Waals surface area contributed by atoms with Gasteiger partial charge in [-0.2, -0.15) is 5.10 Å². The lowest BCUT2D eigenvalue weighted by Crippen LogP contribution is -2.11. The highest BCUT2D eigenvalue weighted by molar-refractivity contribution is 5.79. The van der Waals surface area contributed by atoms with Crippen molar-refractivity contribution >= 4 is 6.21 Å². The molecule has 0 fully saturated rings. The molecule has 0 aliphatic heterocycles. The smallest absolute Gasteiger partial charge is 0.119 e. The van der Waals surface area contributed by atoms with Gasteiger partial charge in [-0.1, -0.05) is 12.1 Å². The fourth-order valence-corrected chi connectivity index (χ4v) is 0.957. The molecule has 0 amide bonds. The molecule has 4 heteroatoms. The molecule has 0 aliphatic rings. The highest BCUT2D eigenvalue weighted by atomic mass is 16.5. The largest absolute Gasteiger partial charge is 0.497 e. The zero-order valence-electron chi connectivity index (χ0n) is 8.10. The van der Waals surface area contributed by atoms with Gasteiger partial charge in [0.2, 0.25) is 0 Å². The number of ether oxygens (including phenoxy) is 1. The lowest BCUT2D eigenvalue weighted by Gasteiger charge is -1.99. The van der Waals surface area contributed by atoms with Gasteiger partial charge in [-0.3, -0.25) is 0 Å². The van der Waals surface area contributed by atoms with Gasteiger partial charge in [-0.05, 0) is 17.7 Å². The summed E-state index contributed by atoms with van der Waals surface area (Å²) in [5.41, 5.74) is 3.65. The number of rotatable bonds is 5. The predicted octanol–water partition coefficient (Wildman–Crippen LogP) is 0.611. The fourth-order valence-electron chi connectivity index (χ4n) is 0.957. The van der Waals surface area contributed by atoms with Crippen molar-refractivity contribution in [2.45, 2.75) is 0 Å². The molecule has 14 heavy (non-hydrogen) atoms. The first-order valence-electron chi connectivity index (χ1n) is 4.37. The van der Waals surface area contributed by atoms with Gasteiger partial charge in [0.05, 0.1) is 26.5 Å². The van der Waals surface area contributed by atoms with E-state index < -0.39 is 0 Å². The summed E-state index contributed by atoms with van der Waals surface area (Å²) >= 11 is 0. The molecule has 0 aromatic heterocycles. The molecular formula is C10H14N2O2. The number of methoxy groups -OCH3 is 1. The van der Waals surface area contributed by atoms with E-state index in [1.54, 1.807) is 13.3 Å². The summed E-state index contributed by atoms with van der Waals surface area (Å²) in [6, 6.07) is 7.57. The van der Waals surface area contributed by atoms with E-state index in [0.29, 0.717) is 6.54 Å². The number of hydrogen-bond acceptors (Lipinski definition) is 4. The lowest BCUT2D eigenvalue weighted by atomic mass is 10.2. The minimum atomic E-state index is 0.0788. The molecule has 0 heterocycles. The van der Waals surface area contributed by atoms with Crippen LogP contribution in [0.15, 0.2) is 29.4 Å². The van der Waals surface area contributed by atoms with Crippen molar-refractivity contribution in [3.8, 4) is 5.75 Å². The molecule has 0 radical (unpaired) electrons. The summed E-state index contributed by atoms with van der Waals surface area (Å²) in [4.78, 5) is 0. The molecular weight excluding hydrogens is 180 g/mol. The Bertz CT molecular complexity index is 300. The van der Waals surface area contributed by atoms with E-state index in [0.717, 1.165) is 11.3 Å². The van der Waals surface area contributed by atoms with Crippen molar-refractivity contribution in [3.63, 3.8) is 0 Å². The quantitative estimate of drug-likeness (QED) is 0.410. The van der Waals surface area contributed by atoms with E-state index in [1.165, 1.54) is 0 Å². The van der Waals surface area contributed by atoms with Crippen molar-refractivity contribution in [2.24, 2.45) is 5.10 Å². The SMILES string of the molecule is COc1cccc(C=NNCCO)c1. The molecule has 76 valence electrons. The molecule has 0 spiro atoms. The number of nitrogens with zero attached hydrogens (tertiary/aromatic N) is 1. The number of aliphatic hydroxyl groups is 1. The number of benzene rings is 1. The van der Waals surface area contributed by atoms with Gasteiger partial charge in [0.1, 0.15) is 5.75 Å². The Labute approximate surface area is 83.2 Å². The van der Waals surface area contributed by atoms with Gasteiger partial charge in [0.15, 0.2) is 0 Å². The van der Waals surface area contributed by atoms with Crippen molar-refractivity contribution in [2.75, 3.05) is 20.3 Å². The second kappa shape index (κ2) is 5.99. The van der Waals surface area contributed by atoms with Crippen LogP contribution in [0.3, 0.4) is 0 Å². The first-order chi connectivity index (χ1) is 6.86. The average Bonchev–Trinajstić information content (AvgIpc) is 2.25. The van der Waals surface area contributed by atoms with Crippen LogP contribution in [0.25, 0.3) is 0 Å². The van der Waals surface area contributed by atoms with E-state index in [2.05, 4.69) is 10.5 Å². The van der Waals surface area contributed by atoms with Gasteiger partial charge >= 0.3 is 0 Å². The molecule has 0 aliphatic carbocycles. The number of nitrogens with one attached hydrogen (secondary N) is 1. The third kappa shape index (κ3) is 3.45. The Morgan fingerprint density at radius 2 is 2.43 bits per heavy atom. The van der Waals surface area contributed by atoms with Crippen LogP contribution in [0.1, 0.15) is 5.56 Å². The fraction of sp³-hybridized carbons (Fsp3) is 0.300. The molecule has 0 bridgehead atoms. The summed E-state index contributed by atoms with van der Waals surface area (Å²) in [6.07, 6.45) is 1.68. The molecule has 4 nitrogen and oxygen atoms in total. The van der Waals surface area contributed by atoms with E-state index >= 15 is 0 Å². The van der Waals surface area contributed by atoms with Crippen LogP contribution in [0.5, 0.6) is 5.75 Å². The highest BCUT2D eigenvalue weighted by Crippen LogP contribution is 2.10. The van der Waals surface area contributed by atoms with Crippen LogP contribution in [0.2, 0.25) is 0 Å². The normalized spacial score (nSPS) is 10.4. The Morgan fingerprint density at radius 1 is 1.57 bits per heavy atom. The summed E-state index contributed by atoms with van der Waals surface area (Å²) in [5, 5.41) is 12.4. The Hall–Kier alpha value is -1.55.